The molecule has 5 aromatic rings. The lowest BCUT2D eigenvalue weighted by atomic mass is 10.1. The van der Waals surface area contributed by atoms with Crippen LogP contribution in [0.25, 0.3) is 22.5 Å². The number of aryl methyl sites for hydroxylation is 2. The minimum Gasteiger partial charge on any atom is -0.366 e. The summed E-state index contributed by atoms with van der Waals surface area (Å²) >= 11 is 0. The highest BCUT2D eigenvalue weighted by Gasteiger charge is 2.23. The van der Waals surface area contributed by atoms with E-state index >= 15 is 4.39 Å². The summed E-state index contributed by atoms with van der Waals surface area (Å²) in [4.78, 5) is 45.4. The van der Waals surface area contributed by atoms with E-state index in [-0.39, 0.29) is 39.5 Å². The SMILES string of the molecule is Cc1cn2cc(-c3ccc(-n4c(C#N)nn(C)c4=O)cn3)c(F)c2c(C(=O)Nc2cccc(C(N)=O)c2)n1. The summed E-state index contributed by atoms with van der Waals surface area (Å²) in [6.45, 7) is 1.66. The molecule has 0 bridgehead atoms. The van der Waals surface area contributed by atoms with E-state index in [1.807, 2.05) is 6.07 Å². The molecule has 0 atom stereocenters. The van der Waals surface area contributed by atoms with Crippen molar-refractivity contribution in [3.8, 4) is 23.0 Å². The summed E-state index contributed by atoms with van der Waals surface area (Å²) in [6.07, 6.45) is 4.36. The number of nitrogens with one attached hydrogen (secondary N) is 1. The van der Waals surface area contributed by atoms with Gasteiger partial charge in [0.15, 0.2) is 11.5 Å². The Morgan fingerprint density at radius 3 is 2.66 bits per heavy atom. The maximum Gasteiger partial charge on any atom is 0.351 e. The molecule has 1 aromatic carbocycles. The van der Waals surface area contributed by atoms with Crippen molar-refractivity contribution in [1.82, 2.24) is 28.7 Å². The highest BCUT2D eigenvalue weighted by atomic mass is 19.1. The first-order valence-corrected chi connectivity index (χ1v) is 11.1. The molecule has 0 saturated heterocycles. The van der Waals surface area contributed by atoms with Crippen molar-refractivity contribution >= 4 is 23.0 Å². The Bertz CT molecular complexity index is 1860. The van der Waals surface area contributed by atoms with E-state index in [1.54, 1.807) is 25.3 Å². The number of anilines is 1. The lowest BCUT2D eigenvalue weighted by molar-refractivity contribution is 0.0995. The highest BCUT2D eigenvalue weighted by Crippen LogP contribution is 2.29. The lowest BCUT2D eigenvalue weighted by Gasteiger charge is -2.08. The van der Waals surface area contributed by atoms with Crippen LogP contribution in [0.5, 0.6) is 0 Å². The maximum atomic E-state index is 15.7. The van der Waals surface area contributed by atoms with Crippen LogP contribution in [0.1, 0.15) is 32.4 Å². The van der Waals surface area contributed by atoms with Crippen molar-refractivity contribution in [2.75, 3.05) is 5.32 Å². The number of nitrogens with zero attached hydrogens (tertiary/aromatic N) is 7. The highest BCUT2D eigenvalue weighted by molar-refractivity contribution is 6.08. The minimum absolute atomic E-state index is 0.0738. The van der Waals surface area contributed by atoms with E-state index in [1.165, 1.54) is 48.1 Å². The standard InChI is InChI=1S/C25H18FN9O3/c1-13-11-34-12-17(18-7-6-16(10-29-18)35-19(9-27)32-33(2)25(35)38)20(26)22(34)21(30-13)24(37)31-15-5-3-4-14(8-15)23(28)36/h3-8,10-12H,1-2H3,(H2,28,36)(H,31,37). The van der Waals surface area contributed by atoms with Gasteiger partial charge in [-0.05, 0) is 37.3 Å². The Balaban J connectivity index is 1.54. The van der Waals surface area contributed by atoms with Gasteiger partial charge in [-0.15, -0.1) is 5.10 Å². The number of halogens is 1. The van der Waals surface area contributed by atoms with Gasteiger partial charge in [0.1, 0.15) is 11.6 Å². The van der Waals surface area contributed by atoms with Gasteiger partial charge >= 0.3 is 5.69 Å². The van der Waals surface area contributed by atoms with Crippen LogP contribution < -0.4 is 16.7 Å². The topological polar surface area (TPSA) is 166 Å². The van der Waals surface area contributed by atoms with Gasteiger partial charge in [-0.25, -0.2) is 23.4 Å². The van der Waals surface area contributed by atoms with Gasteiger partial charge in [-0.3, -0.25) is 14.6 Å². The quantitative estimate of drug-likeness (QED) is 0.364. The van der Waals surface area contributed by atoms with Crippen LogP contribution in [-0.2, 0) is 7.05 Å². The molecule has 0 aliphatic heterocycles. The minimum atomic E-state index is -0.731. The molecule has 13 heteroatoms. The van der Waals surface area contributed by atoms with Crippen molar-refractivity contribution < 1.29 is 14.0 Å². The summed E-state index contributed by atoms with van der Waals surface area (Å²) in [5.41, 5.74) is 6.07. The third kappa shape index (κ3) is 4.05. The molecule has 0 aliphatic rings. The third-order valence-corrected chi connectivity index (χ3v) is 5.74. The maximum absolute atomic E-state index is 15.7. The summed E-state index contributed by atoms with van der Waals surface area (Å²) < 4.78 is 19.3. The molecule has 4 heterocycles. The zero-order chi connectivity index (χ0) is 27.1. The fourth-order valence-electron chi connectivity index (χ4n) is 4.01. The molecule has 188 valence electrons. The zero-order valence-corrected chi connectivity index (χ0v) is 20.0. The van der Waals surface area contributed by atoms with E-state index in [4.69, 9.17) is 5.73 Å². The van der Waals surface area contributed by atoms with Crippen LogP contribution >= 0.6 is 0 Å². The fourth-order valence-corrected chi connectivity index (χ4v) is 4.01. The predicted octanol–water partition coefficient (Wildman–Crippen LogP) is 1.95. The number of fused-ring (bicyclic) bond motifs is 1. The van der Waals surface area contributed by atoms with Gasteiger partial charge in [0, 0.05) is 30.7 Å². The molecule has 2 amide bonds. The van der Waals surface area contributed by atoms with E-state index in [9.17, 15) is 19.6 Å². The molecular weight excluding hydrogens is 493 g/mol. The zero-order valence-electron chi connectivity index (χ0n) is 20.0. The summed E-state index contributed by atoms with van der Waals surface area (Å²) in [5.74, 6) is -2.20. The predicted molar refractivity (Wildman–Crippen MR) is 133 cm³/mol. The van der Waals surface area contributed by atoms with E-state index in [0.717, 1.165) is 9.25 Å². The number of primary amides is 1. The molecule has 0 aliphatic carbocycles. The first-order chi connectivity index (χ1) is 18.2. The number of hydrogen-bond acceptors (Lipinski definition) is 7. The fraction of sp³-hybridized carbons (Fsp3) is 0.0800. The molecular formula is C25H18FN9O3. The van der Waals surface area contributed by atoms with Crippen LogP contribution in [-0.4, -0.2) is 40.5 Å². The van der Waals surface area contributed by atoms with Crippen LogP contribution in [0, 0.1) is 24.1 Å². The Hall–Kier alpha value is -5.64. The Morgan fingerprint density at radius 1 is 1.18 bits per heavy atom. The van der Waals surface area contributed by atoms with Gasteiger partial charge in [-0.2, -0.15) is 5.26 Å². The summed E-state index contributed by atoms with van der Waals surface area (Å²) in [7, 11) is 1.42. The number of amides is 2. The van der Waals surface area contributed by atoms with Crippen molar-refractivity contribution in [2.45, 2.75) is 6.92 Å². The number of pyridine rings is 1. The van der Waals surface area contributed by atoms with Crippen LogP contribution in [0.4, 0.5) is 10.1 Å². The Labute approximate surface area is 213 Å². The molecule has 0 fully saturated rings. The number of carbonyl (C=O) groups excluding carboxylic acids is 2. The van der Waals surface area contributed by atoms with E-state index in [2.05, 4.69) is 20.4 Å². The molecule has 12 nitrogen and oxygen atoms in total. The monoisotopic (exact) mass is 511 g/mol. The molecule has 4 aromatic heterocycles. The van der Waals surface area contributed by atoms with Gasteiger partial charge in [0.05, 0.1) is 28.8 Å². The summed E-state index contributed by atoms with van der Waals surface area (Å²) in [5, 5.41) is 15.7. The number of nitrogens with two attached hydrogens (primary N) is 1. The molecule has 0 saturated carbocycles. The molecule has 5 rings (SSSR count). The Kier molecular flexibility index (Phi) is 5.76. The molecule has 38 heavy (non-hydrogen) atoms. The van der Waals surface area contributed by atoms with Crippen molar-refractivity contribution in [1.29, 1.82) is 5.26 Å². The first kappa shape index (κ1) is 24.1. The second-order valence-corrected chi connectivity index (χ2v) is 8.32. The number of carbonyl (C=O) groups is 2. The average molecular weight is 511 g/mol. The second-order valence-electron chi connectivity index (χ2n) is 8.32. The molecule has 0 radical (unpaired) electrons. The van der Waals surface area contributed by atoms with Crippen molar-refractivity contribution in [3.05, 3.63) is 94.1 Å². The van der Waals surface area contributed by atoms with Crippen molar-refractivity contribution in [3.63, 3.8) is 0 Å². The van der Waals surface area contributed by atoms with Crippen LogP contribution in [0.15, 0.2) is 59.8 Å². The molecule has 0 unspecified atom stereocenters. The third-order valence-electron chi connectivity index (χ3n) is 5.74. The molecule has 0 spiro atoms. The number of nitriles is 1. The Morgan fingerprint density at radius 2 is 1.97 bits per heavy atom. The summed E-state index contributed by atoms with van der Waals surface area (Å²) in [6, 6.07) is 10.9. The van der Waals surface area contributed by atoms with E-state index in [0.29, 0.717) is 11.4 Å². The van der Waals surface area contributed by atoms with Gasteiger partial charge in [0.2, 0.25) is 11.7 Å². The van der Waals surface area contributed by atoms with Gasteiger partial charge < -0.3 is 15.5 Å². The first-order valence-electron chi connectivity index (χ1n) is 11.1. The number of rotatable bonds is 5. The largest absolute Gasteiger partial charge is 0.366 e. The average Bonchev–Trinajstić information content (AvgIpc) is 3.38. The van der Waals surface area contributed by atoms with Crippen LogP contribution in [0.2, 0.25) is 0 Å². The smallest absolute Gasteiger partial charge is 0.351 e. The lowest BCUT2D eigenvalue weighted by Crippen LogP contribution is -2.22. The van der Waals surface area contributed by atoms with Crippen LogP contribution in [0.3, 0.4) is 0 Å². The number of aromatic nitrogens is 6. The van der Waals surface area contributed by atoms with Gasteiger partial charge in [0.25, 0.3) is 5.91 Å². The molecule has 3 N–H and O–H groups in total. The van der Waals surface area contributed by atoms with Crippen molar-refractivity contribution in [2.24, 2.45) is 12.8 Å². The normalized spacial score (nSPS) is 10.9. The second kappa shape index (κ2) is 9.10. The van der Waals surface area contributed by atoms with E-state index < -0.39 is 23.3 Å². The van der Waals surface area contributed by atoms with Gasteiger partial charge in [-0.1, -0.05) is 6.07 Å². The number of benzene rings is 1. The number of hydrogen-bond donors (Lipinski definition) is 2.